The van der Waals surface area contributed by atoms with Gasteiger partial charge in [-0.3, -0.25) is 15.6 Å². The Morgan fingerprint density at radius 3 is 2.32 bits per heavy atom. The number of nitrogens with one attached hydrogen (secondary N) is 3. The first-order valence-corrected chi connectivity index (χ1v) is 9.60. The topological polar surface area (TPSA) is 87.3 Å². The van der Waals surface area contributed by atoms with Gasteiger partial charge >= 0.3 is 0 Å². The first-order valence-electron chi connectivity index (χ1n) is 7.13. The van der Waals surface area contributed by atoms with Crippen LogP contribution in [0, 0.1) is 5.82 Å². The molecule has 0 atom stereocenters. The van der Waals surface area contributed by atoms with E-state index < -0.39 is 21.6 Å². The Balaban J connectivity index is 1.89. The Morgan fingerprint density at radius 1 is 1.08 bits per heavy atom. The molecule has 25 heavy (non-hydrogen) atoms. The Kier molecular flexibility index (Phi) is 6.05. The lowest BCUT2D eigenvalue weighted by Crippen LogP contribution is -2.43. The fourth-order valence-corrected chi connectivity index (χ4v) is 2.92. The number of thiocarbonyl (C=S) groups is 1. The van der Waals surface area contributed by atoms with Gasteiger partial charge in [0.1, 0.15) is 5.82 Å². The van der Waals surface area contributed by atoms with Crippen molar-refractivity contribution in [3.8, 4) is 0 Å². The lowest BCUT2D eigenvalue weighted by Gasteiger charge is -2.12. The fraction of sp³-hybridized carbons (Fsp3) is 0.125. The van der Waals surface area contributed by atoms with E-state index in [-0.39, 0.29) is 16.6 Å². The van der Waals surface area contributed by atoms with Crippen LogP contribution >= 0.6 is 12.2 Å². The van der Waals surface area contributed by atoms with Crippen molar-refractivity contribution in [2.24, 2.45) is 0 Å². The third kappa shape index (κ3) is 6.12. The summed E-state index contributed by atoms with van der Waals surface area (Å²) >= 11 is 4.97. The van der Waals surface area contributed by atoms with Crippen molar-refractivity contribution in [1.29, 1.82) is 0 Å². The number of hydrogen-bond acceptors (Lipinski definition) is 4. The molecule has 0 aliphatic rings. The highest BCUT2D eigenvalue weighted by Gasteiger charge is 2.09. The second-order valence-electron chi connectivity index (χ2n) is 5.28. The van der Waals surface area contributed by atoms with E-state index in [2.05, 4.69) is 16.2 Å². The van der Waals surface area contributed by atoms with E-state index in [1.54, 1.807) is 24.3 Å². The van der Waals surface area contributed by atoms with Crippen LogP contribution in [-0.4, -0.2) is 25.7 Å². The van der Waals surface area contributed by atoms with E-state index in [1.165, 1.54) is 24.3 Å². The molecule has 0 heterocycles. The zero-order valence-electron chi connectivity index (χ0n) is 13.2. The maximum atomic E-state index is 13.5. The summed E-state index contributed by atoms with van der Waals surface area (Å²) in [6.45, 7) is 0. The van der Waals surface area contributed by atoms with Gasteiger partial charge in [-0.25, -0.2) is 12.8 Å². The molecule has 9 heteroatoms. The number of anilines is 1. The summed E-state index contributed by atoms with van der Waals surface area (Å²) in [5.74, 6) is -1.04. The first-order chi connectivity index (χ1) is 11.7. The van der Waals surface area contributed by atoms with Gasteiger partial charge in [0.05, 0.1) is 11.4 Å². The second-order valence-corrected chi connectivity index (χ2v) is 7.83. The molecule has 0 bridgehead atoms. The number of rotatable bonds is 4. The molecule has 3 N–H and O–H groups in total. The van der Waals surface area contributed by atoms with Gasteiger partial charge in [-0.1, -0.05) is 24.3 Å². The van der Waals surface area contributed by atoms with E-state index in [0.29, 0.717) is 11.1 Å². The van der Waals surface area contributed by atoms with Crippen LogP contribution in [-0.2, 0) is 15.6 Å². The first kappa shape index (κ1) is 18.8. The largest absolute Gasteiger partial charge is 0.329 e. The van der Waals surface area contributed by atoms with Gasteiger partial charge in [0, 0.05) is 11.8 Å². The van der Waals surface area contributed by atoms with Gasteiger partial charge in [-0.15, -0.1) is 0 Å². The summed E-state index contributed by atoms with van der Waals surface area (Å²) in [6.07, 6.45) is 1.14. The van der Waals surface area contributed by atoms with Crippen LogP contribution in [0.5, 0.6) is 0 Å². The van der Waals surface area contributed by atoms with Crippen LogP contribution < -0.4 is 16.2 Å². The summed E-state index contributed by atoms with van der Waals surface area (Å²) < 4.78 is 36.0. The minimum Gasteiger partial charge on any atom is -0.329 e. The van der Waals surface area contributed by atoms with Gasteiger partial charge in [0.2, 0.25) is 0 Å². The zero-order chi connectivity index (χ0) is 18.4. The molecule has 0 aliphatic carbocycles. The third-order valence-corrected chi connectivity index (χ3v) is 4.12. The fourth-order valence-electron chi connectivity index (χ4n) is 1.96. The number of benzene rings is 2. The molecule has 2 aromatic rings. The highest BCUT2D eigenvalue weighted by atomic mass is 32.2. The lowest BCUT2D eigenvalue weighted by molar-refractivity contribution is 0.0944. The Morgan fingerprint density at radius 2 is 1.72 bits per heavy atom. The SMILES string of the molecule is CS(=O)(=O)Cc1ccc(C(=O)NNC(=S)Nc2ccccc2F)cc1. The Bertz CT molecular complexity index is 884. The molecule has 0 saturated carbocycles. The van der Waals surface area contributed by atoms with Crippen LogP contribution in [0.3, 0.4) is 0 Å². The minimum absolute atomic E-state index is 0.0205. The molecule has 0 unspecified atom stereocenters. The lowest BCUT2D eigenvalue weighted by atomic mass is 10.1. The van der Waals surface area contributed by atoms with Gasteiger partial charge in [0.15, 0.2) is 14.9 Å². The molecule has 132 valence electrons. The van der Waals surface area contributed by atoms with Gasteiger partial charge < -0.3 is 5.32 Å². The summed E-state index contributed by atoms with van der Waals surface area (Å²) in [5, 5.41) is 2.64. The number of carbonyl (C=O) groups excluding carboxylic acids is 1. The van der Waals surface area contributed by atoms with E-state index >= 15 is 0 Å². The van der Waals surface area contributed by atoms with E-state index in [4.69, 9.17) is 12.2 Å². The third-order valence-electron chi connectivity index (χ3n) is 3.06. The maximum Gasteiger partial charge on any atom is 0.269 e. The predicted molar refractivity (Wildman–Crippen MR) is 98.2 cm³/mol. The summed E-state index contributed by atoms with van der Waals surface area (Å²) in [4.78, 5) is 12.0. The number of hydrogen-bond donors (Lipinski definition) is 3. The van der Waals surface area contributed by atoms with Crippen LogP contribution in [0.25, 0.3) is 0 Å². The normalized spacial score (nSPS) is 10.8. The molecule has 6 nitrogen and oxygen atoms in total. The average Bonchev–Trinajstić information content (AvgIpc) is 2.54. The molecule has 0 fully saturated rings. The molecule has 2 rings (SSSR count). The Hall–Kier alpha value is -2.52. The number of halogens is 1. The number of amides is 1. The summed E-state index contributed by atoms with van der Waals surface area (Å²) in [7, 11) is -3.13. The van der Waals surface area contributed by atoms with E-state index in [1.807, 2.05) is 0 Å². The van der Waals surface area contributed by atoms with Crippen molar-refractivity contribution in [3.05, 3.63) is 65.5 Å². The predicted octanol–water partition coefficient (Wildman–Crippen LogP) is 2.00. The standard InChI is InChI=1S/C16H16FN3O3S2/c1-25(22,23)10-11-6-8-12(9-7-11)15(21)19-20-16(24)18-14-5-3-2-4-13(14)17/h2-9H,10H2,1H3,(H,19,21)(H2,18,20,24). The highest BCUT2D eigenvalue weighted by molar-refractivity contribution is 7.89. The molecule has 2 aromatic carbocycles. The van der Waals surface area contributed by atoms with Crippen LogP contribution in [0.4, 0.5) is 10.1 Å². The number of carbonyl (C=O) groups is 1. The molecule has 0 saturated heterocycles. The van der Waals surface area contributed by atoms with E-state index in [9.17, 15) is 17.6 Å². The summed E-state index contributed by atoms with van der Waals surface area (Å²) in [6, 6.07) is 12.1. The molecule has 0 radical (unpaired) electrons. The summed E-state index contributed by atoms with van der Waals surface area (Å²) in [5.41, 5.74) is 5.93. The van der Waals surface area contributed by atoms with Gasteiger partial charge in [0.25, 0.3) is 5.91 Å². The van der Waals surface area contributed by atoms with E-state index in [0.717, 1.165) is 6.26 Å². The Labute approximate surface area is 150 Å². The van der Waals surface area contributed by atoms with Crippen molar-refractivity contribution in [3.63, 3.8) is 0 Å². The van der Waals surface area contributed by atoms with Crippen LogP contribution in [0.1, 0.15) is 15.9 Å². The molecule has 1 amide bonds. The van der Waals surface area contributed by atoms with Crippen molar-refractivity contribution in [2.75, 3.05) is 11.6 Å². The molecule has 0 aliphatic heterocycles. The zero-order valence-corrected chi connectivity index (χ0v) is 14.9. The number of sulfone groups is 1. The number of para-hydroxylation sites is 1. The van der Waals surface area contributed by atoms with Gasteiger partial charge in [-0.2, -0.15) is 0 Å². The monoisotopic (exact) mass is 381 g/mol. The maximum absolute atomic E-state index is 13.5. The highest BCUT2D eigenvalue weighted by Crippen LogP contribution is 2.12. The van der Waals surface area contributed by atoms with Crippen molar-refractivity contribution >= 4 is 38.8 Å². The average molecular weight is 381 g/mol. The van der Waals surface area contributed by atoms with Crippen molar-refractivity contribution < 1.29 is 17.6 Å². The minimum atomic E-state index is -3.13. The smallest absolute Gasteiger partial charge is 0.269 e. The van der Waals surface area contributed by atoms with Gasteiger partial charge in [-0.05, 0) is 42.0 Å². The molecule has 0 spiro atoms. The molecular formula is C16H16FN3O3S2. The van der Waals surface area contributed by atoms with Crippen molar-refractivity contribution in [1.82, 2.24) is 10.9 Å². The van der Waals surface area contributed by atoms with Crippen LogP contribution in [0.15, 0.2) is 48.5 Å². The second kappa shape index (κ2) is 8.04. The number of hydrazine groups is 1. The van der Waals surface area contributed by atoms with Crippen LogP contribution in [0.2, 0.25) is 0 Å². The molecular weight excluding hydrogens is 365 g/mol. The molecule has 0 aromatic heterocycles. The quantitative estimate of drug-likeness (QED) is 0.555. The van der Waals surface area contributed by atoms with Crippen molar-refractivity contribution in [2.45, 2.75) is 5.75 Å².